The van der Waals surface area contributed by atoms with Gasteiger partial charge in [0, 0.05) is 13.3 Å². The molecule has 0 aliphatic heterocycles. The summed E-state index contributed by atoms with van der Waals surface area (Å²) in [6, 6.07) is 11.5. The van der Waals surface area contributed by atoms with E-state index in [4.69, 9.17) is 9.47 Å². The van der Waals surface area contributed by atoms with Gasteiger partial charge in [0.05, 0.1) is 31.2 Å². The van der Waals surface area contributed by atoms with Crippen molar-refractivity contribution < 1.29 is 14.6 Å². The van der Waals surface area contributed by atoms with Crippen LogP contribution in [0.3, 0.4) is 0 Å². The Morgan fingerprint density at radius 1 is 1.21 bits per heavy atom. The van der Waals surface area contributed by atoms with E-state index in [-0.39, 0.29) is 6.61 Å². The molecule has 1 N–H and O–H groups in total. The Morgan fingerprint density at radius 3 is 2.74 bits per heavy atom. The number of hydrogen-bond acceptors (Lipinski definition) is 4. The lowest BCUT2D eigenvalue weighted by Gasteiger charge is -2.13. The standard InChI is InChI=1S/C14H18N2O3/c1-18-9-10-19-11-14(17)13-7-8-15-16(13)12-5-3-2-4-6-12/h2-8,14,17H,9-11H2,1H3. The van der Waals surface area contributed by atoms with Gasteiger partial charge in [-0.1, -0.05) is 18.2 Å². The van der Waals surface area contributed by atoms with Gasteiger partial charge in [-0.05, 0) is 18.2 Å². The fourth-order valence-corrected chi connectivity index (χ4v) is 1.77. The van der Waals surface area contributed by atoms with Crippen LogP contribution in [-0.2, 0) is 9.47 Å². The number of aliphatic hydroxyl groups excluding tert-OH is 1. The Labute approximate surface area is 112 Å². The van der Waals surface area contributed by atoms with Crippen LogP contribution < -0.4 is 0 Å². The first-order valence-corrected chi connectivity index (χ1v) is 6.17. The molecule has 0 saturated heterocycles. The van der Waals surface area contributed by atoms with Crippen molar-refractivity contribution in [3.63, 3.8) is 0 Å². The molecule has 19 heavy (non-hydrogen) atoms. The highest BCUT2D eigenvalue weighted by Gasteiger charge is 2.14. The molecule has 1 aromatic carbocycles. The number of methoxy groups -OCH3 is 1. The summed E-state index contributed by atoms with van der Waals surface area (Å²) >= 11 is 0. The van der Waals surface area contributed by atoms with E-state index in [1.54, 1.807) is 24.1 Å². The molecule has 0 amide bonds. The molecule has 1 heterocycles. The summed E-state index contributed by atoms with van der Waals surface area (Å²) in [5.74, 6) is 0. The topological polar surface area (TPSA) is 56.5 Å². The quantitative estimate of drug-likeness (QED) is 0.769. The van der Waals surface area contributed by atoms with Gasteiger partial charge in [0.2, 0.25) is 0 Å². The minimum Gasteiger partial charge on any atom is -0.384 e. The molecule has 2 rings (SSSR count). The summed E-state index contributed by atoms with van der Waals surface area (Å²) < 4.78 is 11.9. The van der Waals surface area contributed by atoms with Crippen LogP contribution in [-0.4, -0.2) is 41.8 Å². The number of rotatable bonds is 7. The summed E-state index contributed by atoms with van der Waals surface area (Å²) in [5, 5.41) is 14.4. The highest BCUT2D eigenvalue weighted by Crippen LogP contribution is 2.17. The van der Waals surface area contributed by atoms with Crippen LogP contribution in [0.1, 0.15) is 11.8 Å². The lowest BCUT2D eigenvalue weighted by molar-refractivity contribution is 0.0102. The van der Waals surface area contributed by atoms with Crippen LogP contribution in [0, 0.1) is 0 Å². The van der Waals surface area contributed by atoms with Gasteiger partial charge in [-0.15, -0.1) is 0 Å². The zero-order valence-corrected chi connectivity index (χ0v) is 10.9. The summed E-state index contributed by atoms with van der Waals surface area (Å²) in [4.78, 5) is 0. The van der Waals surface area contributed by atoms with Gasteiger partial charge in [0.15, 0.2) is 0 Å². The number of ether oxygens (including phenoxy) is 2. The third-order valence-corrected chi connectivity index (χ3v) is 2.72. The van der Waals surface area contributed by atoms with E-state index in [1.807, 2.05) is 30.3 Å². The lowest BCUT2D eigenvalue weighted by atomic mass is 10.2. The Balaban J connectivity index is 2.03. The van der Waals surface area contributed by atoms with Crippen LogP contribution in [0.15, 0.2) is 42.6 Å². The van der Waals surface area contributed by atoms with E-state index in [0.717, 1.165) is 5.69 Å². The Morgan fingerprint density at radius 2 is 2.00 bits per heavy atom. The first-order chi connectivity index (χ1) is 9.33. The summed E-state index contributed by atoms with van der Waals surface area (Å²) in [6.45, 7) is 1.21. The van der Waals surface area contributed by atoms with Gasteiger partial charge in [-0.3, -0.25) is 0 Å². The van der Waals surface area contributed by atoms with Gasteiger partial charge < -0.3 is 14.6 Å². The fraction of sp³-hybridized carbons (Fsp3) is 0.357. The van der Waals surface area contributed by atoms with Crippen LogP contribution >= 0.6 is 0 Å². The molecule has 0 aliphatic rings. The molecule has 0 aliphatic carbocycles. The number of benzene rings is 1. The highest BCUT2D eigenvalue weighted by atomic mass is 16.5. The predicted molar refractivity (Wildman–Crippen MR) is 71.2 cm³/mol. The van der Waals surface area contributed by atoms with Crippen molar-refractivity contribution >= 4 is 0 Å². The average Bonchev–Trinajstić information content (AvgIpc) is 2.94. The van der Waals surface area contributed by atoms with E-state index in [0.29, 0.717) is 18.9 Å². The number of aromatic nitrogens is 2. The third-order valence-electron chi connectivity index (χ3n) is 2.72. The number of nitrogens with zero attached hydrogens (tertiary/aromatic N) is 2. The van der Waals surface area contributed by atoms with E-state index in [9.17, 15) is 5.11 Å². The summed E-state index contributed by atoms with van der Waals surface area (Å²) in [7, 11) is 1.62. The molecule has 5 heteroatoms. The molecule has 0 radical (unpaired) electrons. The molecule has 0 spiro atoms. The molecule has 5 nitrogen and oxygen atoms in total. The molecule has 1 unspecified atom stereocenters. The second kappa shape index (κ2) is 7.04. The normalized spacial score (nSPS) is 12.5. The summed E-state index contributed by atoms with van der Waals surface area (Å²) in [6.07, 6.45) is 0.959. The van der Waals surface area contributed by atoms with Crippen molar-refractivity contribution in [1.29, 1.82) is 0 Å². The molecule has 1 aromatic heterocycles. The minimum absolute atomic E-state index is 0.224. The fourth-order valence-electron chi connectivity index (χ4n) is 1.77. The molecular weight excluding hydrogens is 244 g/mol. The van der Waals surface area contributed by atoms with Crippen molar-refractivity contribution in [2.24, 2.45) is 0 Å². The minimum atomic E-state index is -0.709. The van der Waals surface area contributed by atoms with E-state index in [1.165, 1.54) is 0 Å². The van der Waals surface area contributed by atoms with Crippen LogP contribution in [0.4, 0.5) is 0 Å². The third kappa shape index (κ3) is 3.64. The van der Waals surface area contributed by atoms with Crippen LogP contribution in [0.5, 0.6) is 0 Å². The average molecular weight is 262 g/mol. The molecule has 102 valence electrons. The molecule has 1 atom stereocenters. The van der Waals surface area contributed by atoms with Gasteiger partial charge in [0.1, 0.15) is 6.10 Å². The molecule has 0 saturated carbocycles. The Hall–Kier alpha value is -1.69. The second-order valence-electron chi connectivity index (χ2n) is 4.09. The predicted octanol–water partition coefficient (Wildman–Crippen LogP) is 1.57. The zero-order valence-electron chi connectivity index (χ0n) is 10.9. The maximum Gasteiger partial charge on any atom is 0.119 e. The largest absolute Gasteiger partial charge is 0.384 e. The van der Waals surface area contributed by atoms with Gasteiger partial charge in [-0.25, -0.2) is 4.68 Å². The van der Waals surface area contributed by atoms with Crippen molar-refractivity contribution in [2.45, 2.75) is 6.10 Å². The smallest absolute Gasteiger partial charge is 0.119 e. The van der Waals surface area contributed by atoms with Crippen molar-refractivity contribution in [1.82, 2.24) is 9.78 Å². The van der Waals surface area contributed by atoms with E-state index >= 15 is 0 Å². The maximum atomic E-state index is 10.1. The second-order valence-corrected chi connectivity index (χ2v) is 4.09. The first kappa shape index (κ1) is 13.7. The molecule has 0 fully saturated rings. The van der Waals surface area contributed by atoms with Gasteiger partial charge >= 0.3 is 0 Å². The monoisotopic (exact) mass is 262 g/mol. The molecule has 2 aromatic rings. The first-order valence-electron chi connectivity index (χ1n) is 6.17. The summed E-state index contributed by atoms with van der Waals surface area (Å²) in [5.41, 5.74) is 1.63. The van der Waals surface area contributed by atoms with E-state index < -0.39 is 6.10 Å². The SMILES string of the molecule is COCCOCC(O)c1ccnn1-c1ccccc1. The van der Waals surface area contributed by atoms with Crippen LogP contribution in [0.25, 0.3) is 5.69 Å². The number of aliphatic hydroxyl groups is 1. The van der Waals surface area contributed by atoms with Crippen molar-refractivity contribution in [2.75, 3.05) is 26.9 Å². The molecule has 0 bridgehead atoms. The maximum absolute atomic E-state index is 10.1. The van der Waals surface area contributed by atoms with Crippen molar-refractivity contribution in [3.05, 3.63) is 48.3 Å². The van der Waals surface area contributed by atoms with Crippen LogP contribution in [0.2, 0.25) is 0 Å². The number of hydrogen-bond donors (Lipinski definition) is 1. The lowest BCUT2D eigenvalue weighted by Crippen LogP contribution is -2.14. The highest BCUT2D eigenvalue weighted by molar-refractivity contribution is 5.32. The van der Waals surface area contributed by atoms with E-state index in [2.05, 4.69) is 5.10 Å². The Bertz CT molecular complexity index is 484. The van der Waals surface area contributed by atoms with Crippen molar-refractivity contribution in [3.8, 4) is 5.69 Å². The zero-order chi connectivity index (χ0) is 13.5. The van der Waals surface area contributed by atoms with Gasteiger partial charge in [0.25, 0.3) is 0 Å². The Kier molecular flexibility index (Phi) is 5.09. The number of para-hydroxylation sites is 1. The van der Waals surface area contributed by atoms with Gasteiger partial charge in [-0.2, -0.15) is 5.10 Å². The molecular formula is C14H18N2O3.